The molecule has 0 saturated heterocycles. The van der Waals surface area contributed by atoms with Crippen LogP contribution in [0.5, 0.6) is 11.6 Å². The summed E-state index contributed by atoms with van der Waals surface area (Å²) in [7, 11) is 1.62. The second-order valence-corrected chi connectivity index (χ2v) is 7.85. The minimum atomic E-state index is -0.675. The molecule has 1 heterocycles. The third-order valence-electron chi connectivity index (χ3n) is 5.21. The van der Waals surface area contributed by atoms with Crippen molar-refractivity contribution in [1.29, 1.82) is 0 Å². The molecule has 0 bridgehead atoms. The summed E-state index contributed by atoms with van der Waals surface area (Å²) in [5, 5.41) is 15.0. The second-order valence-electron chi connectivity index (χ2n) is 7.85. The first kappa shape index (κ1) is 25.8. The largest absolute Gasteiger partial charge is 0.439 e. The topological polar surface area (TPSA) is 69.0 Å². The zero-order valence-electron chi connectivity index (χ0n) is 19.7. The second kappa shape index (κ2) is 12.6. The third kappa shape index (κ3) is 7.07. The maximum absolute atomic E-state index is 13.5. The number of methoxy groups -OCH3 is 1. The molecular weight excluding hydrogens is 444 g/mol. The molecule has 1 N–H and O–H groups in total. The summed E-state index contributed by atoms with van der Waals surface area (Å²) in [5.74, 6) is 0.135. The number of rotatable bonds is 13. The average Bonchev–Trinajstić information content (AvgIpc) is 3.12. The van der Waals surface area contributed by atoms with Gasteiger partial charge >= 0.3 is 0 Å². The van der Waals surface area contributed by atoms with Gasteiger partial charge in [0.1, 0.15) is 17.4 Å². The number of ether oxygens (including phenoxy) is 3. The highest BCUT2D eigenvalue weighted by atomic mass is 19.1. The molecule has 0 spiro atoms. The number of aliphatic hydroxyl groups is 1. The number of aromatic nitrogens is 2. The molecule has 2 aromatic carbocycles. The van der Waals surface area contributed by atoms with Crippen LogP contribution in [-0.2, 0) is 16.0 Å². The first-order valence-corrected chi connectivity index (χ1v) is 11.2. The molecule has 1 atom stereocenters. The molecule has 3 aromatic rings. The minimum absolute atomic E-state index is 0.229. The van der Waals surface area contributed by atoms with Crippen LogP contribution in [0.1, 0.15) is 18.2 Å². The molecule has 0 aliphatic rings. The van der Waals surface area contributed by atoms with Gasteiger partial charge in [-0.25, -0.2) is 13.5 Å². The smallest absolute Gasteiger partial charge is 0.227 e. The van der Waals surface area contributed by atoms with Gasteiger partial charge in [0, 0.05) is 33.4 Å². The Balaban J connectivity index is 1.96. The van der Waals surface area contributed by atoms with E-state index in [1.807, 2.05) is 18.7 Å². The van der Waals surface area contributed by atoms with Crippen LogP contribution in [0.2, 0.25) is 0 Å². The molecule has 9 heteroatoms. The minimum Gasteiger partial charge on any atom is -0.439 e. The van der Waals surface area contributed by atoms with E-state index >= 15 is 0 Å². The zero-order chi connectivity index (χ0) is 24.5. The van der Waals surface area contributed by atoms with E-state index in [2.05, 4.69) is 5.10 Å². The monoisotopic (exact) mass is 475 g/mol. The molecule has 0 radical (unpaired) electrons. The van der Waals surface area contributed by atoms with Crippen molar-refractivity contribution < 1.29 is 28.1 Å². The number of aryl methyl sites for hydroxylation is 1. The fourth-order valence-electron chi connectivity index (χ4n) is 3.48. The van der Waals surface area contributed by atoms with Crippen LogP contribution in [0.25, 0.3) is 5.69 Å². The third-order valence-corrected chi connectivity index (χ3v) is 5.21. The normalized spacial score (nSPS) is 12.3. The Bertz CT molecular complexity index is 1030. The molecular formula is C25H31F2N3O4. The molecule has 0 aliphatic carbocycles. The van der Waals surface area contributed by atoms with E-state index in [9.17, 15) is 13.9 Å². The van der Waals surface area contributed by atoms with Crippen LogP contribution in [0.3, 0.4) is 0 Å². The zero-order valence-corrected chi connectivity index (χ0v) is 19.7. The van der Waals surface area contributed by atoms with E-state index in [0.29, 0.717) is 55.9 Å². The van der Waals surface area contributed by atoms with Crippen LogP contribution in [0.4, 0.5) is 8.78 Å². The summed E-state index contributed by atoms with van der Waals surface area (Å²) in [4.78, 5) is 2.03. The van der Waals surface area contributed by atoms with Crippen molar-refractivity contribution in [1.82, 2.24) is 14.7 Å². The Hall–Kier alpha value is -2.85. The van der Waals surface area contributed by atoms with Gasteiger partial charge < -0.3 is 19.3 Å². The lowest BCUT2D eigenvalue weighted by Gasteiger charge is -2.25. The predicted molar refractivity (Wildman–Crippen MR) is 124 cm³/mol. The van der Waals surface area contributed by atoms with E-state index in [1.165, 1.54) is 36.4 Å². The number of hydrogen-bond acceptors (Lipinski definition) is 6. The summed E-state index contributed by atoms with van der Waals surface area (Å²) in [5.41, 5.74) is 2.11. The lowest BCUT2D eigenvalue weighted by molar-refractivity contribution is 0.0147. The summed E-state index contributed by atoms with van der Waals surface area (Å²) < 4.78 is 45.3. The number of hydrogen-bond donors (Lipinski definition) is 1. The van der Waals surface area contributed by atoms with Crippen LogP contribution in [0, 0.1) is 18.6 Å². The summed E-state index contributed by atoms with van der Waals surface area (Å²) >= 11 is 0. The molecule has 0 amide bonds. The van der Waals surface area contributed by atoms with Gasteiger partial charge in [0.25, 0.3) is 0 Å². The van der Waals surface area contributed by atoms with E-state index in [4.69, 9.17) is 14.2 Å². The van der Waals surface area contributed by atoms with Gasteiger partial charge in [-0.05, 0) is 62.4 Å². The van der Waals surface area contributed by atoms with Crippen molar-refractivity contribution in [2.45, 2.75) is 26.5 Å². The van der Waals surface area contributed by atoms with Crippen LogP contribution < -0.4 is 4.74 Å². The van der Waals surface area contributed by atoms with Crippen LogP contribution in [-0.4, -0.2) is 65.9 Å². The molecule has 0 fully saturated rings. The standard InChI is InChI=1S/C25H31F2N3O4/c1-4-33-17-22(31)15-29(13-14-32-3)16-24-18(2)28-30(21-9-5-19(26)6-10-21)25(24)34-23-11-7-20(27)8-12-23/h5-12,22,31H,4,13-17H2,1-3H3/t22-/m0/s1. The van der Waals surface area contributed by atoms with Gasteiger partial charge in [0.05, 0.1) is 36.3 Å². The van der Waals surface area contributed by atoms with Crippen molar-refractivity contribution in [2.75, 3.05) is 40.0 Å². The predicted octanol–water partition coefficient (Wildman–Crippen LogP) is 4.10. The van der Waals surface area contributed by atoms with E-state index < -0.39 is 6.10 Å². The highest BCUT2D eigenvalue weighted by Crippen LogP contribution is 2.32. The van der Waals surface area contributed by atoms with E-state index in [-0.39, 0.29) is 18.2 Å². The maximum atomic E-state index is 13.5. The lowest BCUT2D eigenvalue weighted by Crippen LogP contribution is -2.36. The fourth-order valence-corrected chi connectivity index (χ4v) is 3.48. The maximum Gasteiger partial charge on any atom is 0.227 e. The Morgan fingerprint density at radius 3 is 2.32 bits per heavy atom. The molecule has 0 aliphatic heterocycles. The van der Waals surface area contributed by atoms with Gasteiger partial charge in [0.15, 0.2) is 0 Å². The number of benzene rings is 2. The Morgan fingerprint density at radius 2 is 1.71 bits per heavy atom. The highest BCUT2D eigenvalue weighted by Gasteiger charge is 2.23. The van der Waals surface area contributed by atoms with Gasteiger partial charge in [-0.3, -0.25) is 4.90 Å². The SMILES string of the molecule is CCOC[C@@H](O)CN(CCOC)Cc1c(C)nn(-c2ccc(F)cc2)c1Oc1ccc(F)cc1. The first-order chi connectivity index (χ1) is 16.4. The van der Waals surface area contributed by atoms with E-state index in [1.54, 1.807) is 23.9 Å². The molecule has 0 unspecified atom stereocenters. The molecule has 34 heavy (non-hydrogen) atoms. The molecule has 0 saturated carbocycles. The molecule has 3 rings (SSSR count). The van der Waals surface area contributed by atoms with Gasteiger partial charge in [0.2, 0.25) is 5.88 Å². The summed E-state index contributed by atoms with van der Waals surface area (Å²) in [6, 6.07) is 11.6. The fraction of sp³-hybridized carbons (Fsp3) is 0.400. The quantitative estimate of drug-likeness (QED) is 0.402. The average molecular weight is 476 g/mol. The number of halogens is 2. The van der Waals surface area contributed by atoms with Crippen LogP contribution in [0.15, 0.2) is 48.5 Å². The number of aliphatic hydroxyl groups excluding tert-OH is 1. The van der Waals surface area contributed by atoms with Crippen LogP contribution >= 0.6 is 0 Å². The van der Waals surface area contributed by atoms with Crippen molar-refractivity contribution in [3.05, 3.63) is 71.4 Å². The lowest BCUT2D eigenvalue weighted by atomic mass is 10.2. The number of nitrogens with zero attached hydrogens (tertiary/aromatic N) is 3. The Kier molecular flexibility index (Phi) is 9.52. The molecule has 1 aromatic heterocycles. The Morgan fingerprint density at radius 1 is 1.06 bits per heavy atom. The Labute approximate surface area is 198 Å². The van der Waals surface area contributed by atoms with Gasteiger partial charge in [-0.2, -0.15) is 5.10 Å². The summed E-state index contributed by atoms with van der Waals surface area (Å²) in [6.07, 6.45) is -0.675. The molecule has 184 valence electrons. The van der Waals surface area contributed by atoms with Crippen molar-refractivity contribution in [3.8, 4) is 17.3 Å². The van der Waals surface area contributed by atoms with E-state index in [0.717, 1.165) is 5.56 Å². The first-order valence-electron chi connectivity index (χ1n) is 11.2. The van der Waals surface area contributed by atoms with Gasteiger partial charge in [-0.15, -0.1) is 0 Å². The van der Waals surface area contributed by atoms with Crippen molar-refractivity contribution in [2.24, 2.45) is 0 Å². The van der Waals surface area contributed by atoms with Crippen molar-refractivity contribution in [3.63, 3.8) is 0 Å². The summed E-state index contributed by atoms with van der Waals surface area (Å²) in [6.45, 7) is 6.30. The van der Waals surface area contributed by atoms with Crippen molar-refractivity contribution >= 4 is 0 Å². The van der Waals surface area contributed by atoms with Gasteiger partial charge in [-0.1, -0.05) is 0 Å². The molecule has 7 nitrogen and oxygen atoms in total. The highest BCUT2D eigenvalue weighted by molar-refractivity contribution is 5.43.